The van der Waals surface area contributed by atoms with Gasteiger partial charge >= 0.3 is 0 Å². The van der Waals surface area contributed by atoms with E-state index in [1.807, 2.05) is 0 Å². The van der Waals surface area contributed by atoms with Gasteiger partial charge in [-0.15, -0.1) is 0 Å². The molecule has 73 valence electrons. The molecule has 0 heterocycles. The van der Waals surface area contributed by atoms with Gasteiger partial charge in [-0.3, -0.25) is 0 Å². The molecule has 0 amide bonds. The van der Waals surface area contributed by atoms with E-state index in [-0.39, 0.29) is 0 Å². The minimum absolute atomic E-state index is 0.876. The molecule has 0 saturated carbocycles. The van der Waals surface area contributed by atoms with E-state index in [0.717, 1.165) is 11.8 Å². The molecule has 1 unspecified atom stereocenters. The van der Waals surface area contributed by atoms with Gasteiger partial charge in [-0.05, 0) is 24.7 Å². The number of hydrogen-bond acceptors (Lipinski definition) is 0. The van der Waals surface area contributed by atoms with E-state index in [1.165, 1.54) is 32.1 Å². The van der Waals surface area contributed by atoms with Crippen molar-refractivity contribution in [2.45, 2.75) is 59.8 Å². The van der Waals surface area contributed by atoms with Crippen LogP contribution < -0.4 is 0 Å². The second-order valence-electron chi connectivity index (χ2n) is 4.18. The van der Waals surface area contributed by atoms with Crippen LogP contribution in [0.2, 0.25) is 0 Å². The van der Waals surface area contributed by atoms with Crippen molar-refractivity contribution < 1.29 is 0 Å². The summed E-state index contributed by atoms with van der Waals surface area (Å²) in [5, 5.41) is 0. The molecule has 0 aromatic rings. The molecule has 0 N–H and O–H groups in total. The first-order valence-corrected chi connectivity index (χ1v) is 5.52. The van der Waals surface area contributed by atoms with Crippen LogP contribution in [-0.4, -0.2) is 0 Å². The van der Waals surface area contributed by atoms with Crippen LogP contribution in [0.3, 0.4) is 0 Å². The molecule has 1 atom stereocenters. The predicted molar refractivity (Wildman–Crippen MR) is 57.1 cm³/mol. The number of unbranched alkanes of at least 4 members (excludes halogenated alkanes) is 1. The first kappa shape index (κ1) is 12.0. The first-order valence-electron chi connectivity index (χ1n) is 5.52. The van der Waals surface area contributed by atoms with Crippen LogP contribution in [0.5, 0.6) is 0 Å². The average molecular weight is 169 g/mol. The van der Waals surface area contributed by atoms with Gasteiger partial charge in [0.15, 0.2) is 0 Å². The highest BCUT2D eigenvalue weighted by molar-refractivity contribution is 4.69. The number of hydrogen-bond donors (Lipinski definition) is 0. The molecule has 0 saturated heterocycles. The average Bonchev–Trinajstić information content (AvgIpc) is 2.05. The van der Waals surface area contributed by atoms with Crippen molar-refractivity contribution in [3.63, 3.8) is 0 Å². The first-order chi connectivity index (χ1) is 5.70. The van der Waals surface area contributed by atoms with E-state index in [2.05, 4.69) is 34.1 Å². The van der Waals surface area contributed by atoms with E-state index in [1.54, 1.807) is 0 Å². The normalized spacial score (nSPS) is 13.8. The molecule has 0 nitrogen and oxygen atoms in total. The lowest BCUT2D eigenvalue weighted by atomic mass is 9.91. The summed E-state index contributed by atoms with van der Waals surface area (Å²) < 4.78 is 0. The van der Waals surface area contributed by atoms with Crippen LogP contribution in [0.25, 0.3) is 0 Å². The molecular formula is C12H25. The highest BCUT2D eigenvalue weighted by Gasteiger charge is 2.06. The summed E-state index contributed by atoms with van der Waals surface area (Å²) in [6, 6.07) is 0. The Hall–Kier alpha value is 0. The molecule has 0 aromatic carbocycles. The summed E-state index contributed by atoms with van der Waals surface area (Å²) in [4.78, 5) is 0. The van der Waals surface area contributed by atoms with Gasteiger partial charge < -0.3 is 0 Å². The highest BCUT2D eigenvalue weighted by Crippen LogP contribution is 2.20. The van der Waals surface area contributed by atoms with Gasteiger partial charge in [-0.25, -0.2) is 0 Å². The van der Waals surface area contributed by atoms with Gasteiger partial charge in [0.1, 0.15) is 0 Å². The molecule has 0 fully saturated rings. The van der Waals surface area contributed by atoms with Gasteiger partial charge in [0.25, 0.3) is 0 Å². The summed E-state index contributed by atoms with van der Waals surface area (Å²) in [5.74, 6) is 1.83. The zero-order chi connectivity index (χ0) is 9.40. The molecule has 0 heteroatoms. The molecule has 0 aromatic heterocycles. The quantitative estimate of drug-likeness (QED) is 0.528. The minimum Gasteiger partial charge on any atom is -0.0651 e. The summed E-state index contributed by atoms with van der Waals surface area (Å²) in [5.41, 5.74) is 0. The molecule has 0 bridgehead atoms. The van der Waals surface area contributed by atoms with Crippen LogP contribution in [0, 0.1) is 18.3 Å². The van der Waals surface area contributed by atoms with Crippen LogP contribution in [0.15, 0.2) is 0 Å². The Kier molecular flexibility index (Phi) is 7.64. The third-order valence-electron chi connectivity index (χ3n) is 2.52. The second-order valence-corrected chi connectivity index (χ2v) is 4.18. The van der Waals surface area contributed by atoms with Crippen molar-refractivity contribution >= 4 is 0 Å². The number of rotatable bonds is 7. The van der Waals surface area contributed by atoms with E-state index in [9.17, 15) is 0 Å². The fraction of sp³-hybridized carbons (Fsp3) is 0.917. The molecule has 0 rings (SSSR count). The van der Waals surface area contributed by atoms with Crippen molar-refractivity contribution in [3.05, 3.63) is 6.42 Å². The maximum atomic E-state index is 2.43. The van der Waals surface area contributed by atoms with Crippen molar-refractivity contribution in [1.82, 2.24) is 0 Å². The summed E-state index contributed by atoms with van der Waals surface area (Å²) >= 11 is 0. The third-order valence-corrected chi connectivity index (χ3v) is 2.52. The zero-order valence-corrected chi connectivity index (χ0v) is 9.27. The van der Waals surface area contributed by atoms with Gasteiger partial charge in [0.2, 0.25) is 0 Å². The summed E-state index contributed by atoms with van der Waals surface area (Å²) in [6.45, 7) is 9.18. The van der Waals surface area contributed by atoms with Gasteiger partial charge in [0, 0.05) is 0 Å². The third kappa shape index (κ3) is 6.69. The Balaban J connectivity index is 3.39. The molecule has 0 aliphatic heterocycles. The monoisotopic (exact) mass is 169 g/mol. The standard InChI is InChI=1S/C12H25/c1-5-7-8-12(6-2)10-9-11(3)4/h7,11-12H,5-6,8-10H2,1-4H3. The van der Waals surface area contributed by atoms with E-state index in [0.29, 0.717) is 0 Å². The van der Waals surface area contributed by atoms with Gasteiger partial charge in [-0.1, -0.05) is 53.4 Å². The van der Waals surface area contributed by atoms with Crippen LogP contribution in [0.1, 0.15) is 59.8 Å². The van der Waals surface area contributed by atoms with Crippen LogP contribution in [0.4, 0.5) is 0 Å². The Morgan fingerprint density at radius 1 is 1.08 bits per heavy atom. The van der Waals surface area contributed by atoms with Gasteiger partial charge in [-0.2, -0.15) is 0 Å². The Labute approximate surface area is 78.8 Å². The van der Waals surface area contributed by atoms with E-state index < -0.39 is 0 Å². The zero-order valence-electron chi connectivity index (χ0n) is 9.27. The lowest BCUT2D eigenvalue weighted by Crippen LogP contribution is -2.01. The maximum Gasteiger partial charge on any atom is -0.0386 e. The van der Waals surface area contributed by atoms with Crippen LogP contribution in [-0.2, 0) is 0 Å². The molecule has 1 radical (unpaired) electrons. The highest BCUT2D eigenvalue weighted by atomic mass is 14.1. The summed E-state index contributed by atoms with van der Waals surface area (Å²) in [6.07, 6.45) is 9.16. The largest absolute Gasteiger partial charge is 0.0651 e. The van der Waals surface area contributed by atoms with E-state index >= 15 is 0 Å². The van der Waals surface area contributed by atoms with Crippen molar-refractivity contribution in [2.24, 2.45) is 11.8 Å². The van der Waals surface area contributed by atoms with Crippen molar-refractivity contribution in [1.29, 1.82) is 0 Å². The lowest BCUT2D eigenvalue weighted by molar-refractivity contribution is 0.406. The van der Waals surface area contributed by atoms with Crippen LogP contribution >= 0.6 is 0 Å². The minimum atomic E-state index is 0.876. The molecule has 0 aliphatic carbocycles. The lowest BCUT2D eigenvalue weighted by Gasteiger charge is -2.15. The topological polar surface area (TPSA) is 0 Å². The predicted octanol–water partition coefficient (Wildman–Crippen LogP) is 4.45. The maximum absolute atomic E-state index is 2.43. The van der Waals surface area contributed by atoms with Gasteiger partial charge in [0.05, 0.1) is 0 Å². The van der Waals surface area contributed by atoms with Crippen molar-refractivity contribution in [3.8, 4) is 0 Å². The Bertz CT molecular complexity index is 84.0. The SMILES string of the molecule is CC[CH]CC(CC)CCC(C)C. The summed E-state index contributed by atoms with van der Waals surface area (Å²) in [7, 11) is 0. The fourth-order valence-corrected chi connectivity index (χ4v) is 1.46. The second kappa shape index (κ2) is 7.64. The molecule has 12 heavy (non-hydrogen) atoms. The van der Waals surface area contributed by atoms with Crippen molar-refractivity contribution in [2.75, 3.05) is 0 Å². The van der Waals surface area contributed by atoms with E-state index in [4.69, 9.17) is 0 Å². The Morgan fingerprint density at radius 3 is 2.17 bits per heavy atom. The smallest absolute Gasteiger partial charge is 0.0386 e. The molecular weight excluding hydrogens is 144 g/mol. The molecule has 0 aliphatic rings. The Morgan fingerprint density at radius 2 is 1.75 bits per heavy atom. The fourth-order valence-electron chi connectivity index (χ4n) is 1.46. The molecule has 0 spiro atoms.